The van der Waals surface area contributed by atoms with Crippen LogP contribution in [0.4, 0.5) is 4.79 Å². The van der Waals surface area contributed by atoms with Crippen molar-refractivity contribution in [2.45, 2.75) is 57.2 Å². The van der Waals surface area contributed by atoms with Crippen molar-refractivity contribution >= 4 is 23.6 Å². The number of amides is 4. The summed E-state index contributed by atoms with van der Waals surface area (Å²) >= 11 is 0. The molecule has 1 fully saturated rings. The number of carbonyl (C=O) groups is 3. The van der Waals surface area contributed by atoms with Crippen LogP contribution in [-0.2, 0) is 16.0 Å². The number of likely N-dealkylation sites (tertiary alicyclic amines) is 1. The summed E-state index contributed by atoms with van der Waals surface area (Å²) in [4.78, 5) is 44.3. The Morgan fingerprint density at radius 1 is 1.19 bits per heavy atom. The molecule has 3 heterocycles. The van der Waals surface area contributed by atoms with Gasteiger partial charge in [0.2, 0.25) is 11.8 Å². The molecule has 2 aromatic rings. The zero-order valence-electron chi connectivity index (χ0n) is 20.3. The average molecular weight is 488 g/mol. The topological polar surface area (TPSA) is 132 Å². The van der Waals surface area contributed by atoms with Crippen LogP contribution in [0, 0.1) is 0 Å². The van der Waals surface area contributed by atoms with E-state index in [1.807, 2.05) is 24.3 Å². The second-order valence-electron chi connectivity index (χ2n) is 9.59. The molecule has 0 radical (unpaired) electrons. The van der Waals surface area contributed by atoms with Gasteiger partial charge in [0.05, 0.1) is 36.1 Å². The molecule has 10 heteroatoms. The second-order valence-corrected chi connectivity index (χ2v) is 9.59. The number of urea groups is 1. The SMILES string of the molecule is CC(C)c1ccc(C(NC(=O)[C@@H]2CCCN2C(=O)Cc2cn[nH]n2)C2=CC=CC3=NC(=O)NC23)cc1. The van der Waals surface area contributed by atoms with Gasteiger partial charge in [0.15, 0.2) is 0 Å². The van der Waals surface area contributed by atoms with Crippen molar-refractivity contribution in [2.75, 3.05) is 6.54 Å². The van der Waals surface area contributed by atoms with E-state index in [1.54, 1.807) is 11.0 Å². The Balaban J connectivity index is 1.40. The lowest BCUT2D eigenvalue weighted by Gasteiger charge is -2.31. The molecule has 2 unspecified atom stereocenters. The number of aromatic amines is 1. The third-order valence-corrected chi connectivity index (χ3v) is 6.91. The fourth-order valence-electron chi connectivity index (χ4n) is 4.99. The lowest BCUT2D eigenvalue weighted by molar-refractivity contribution is -0.138. The molecular formula is C26H29N7O3. The zero-order chi connectivity index (χ0) is 25.2. The molecule has 36 heavy (non-hydrogen) atoms. The van der Waals surface area contributed by atoms with E-state index in [0.29, 0.717) is 30.3 Å². The van der Waals surface area contributed by atoms with Crippen molar-refractivity contribution in [3.05, 3.63) is 71.1 Å². The summed E-state index contributed by atoms with van der Waals surface area (Å²) in [5.74, 6) is -0.00608. The Labute approximate surface area is 208 Å². The van der Waals surface area contributed by atoms with Gasteiger partial charge in [0.1, 0.15) is 6.04 Å². The molecule has 3 aliphatic rings. The molecule has 186 valence electrons. The normalized spacial score (nSPS) is 21.6. The highest BCUT2D eigenvalue weighted by atomic mass is 16.2. The van der Waals surface area contributed by atoms with Crippen molar-refractivity contribution in [3.63, 3.8) is 0 Å². The molecule has 1 aromatic carbocycles. The first-order valence-electron chi connectivity index (χ1n) is 12.2. The highest BCUT2D eigenvalue weighted by molar-refractivity contribution is 6.13. The van der Waals surface area contributed by atoms with Crippen LogP contribution in [0.5, 0.6) is 0 Å². The molecule has 0 saturated carbocycles. The van der Waals surface area contributed by atoms with Gasteiger partial charge in [-0.25, -0.2) is 4.79 Å². The van der Waals surface area contributed by atoms with E-state index in [9.17, 15) is 14.4 Å². The summed E-state index contributed by atoms with van der Waals surface area (Å²) < 4.78 is 0. The van der Waals surface area contributed by atoms with Gasteiger partial charge in [0, 0.05) is 6.54 Å². The van der Waals surface area contributed by atoms with Gasteiger partial charge in [-0.05, 0) is 41.5 Å². The molecule has 1 saturated heterocycles. The largest absolute Gasteiger partial charge is 0.344 e. The van der Waals surface area contributed by atoms with E-state index in [2.05, 4.69) is 57.0 Å². The van der Waals surface area contributed by atoms with Crippen LogP contribution < -0.4 is 10.6 Å². The van der Waals surface area contributed by atoms with Gasteiger partial charge >= 0.3 is 6.03 Å². The fourth-order valence-corrected chi connectivity index (χ4v) is 4.99. The zero-order valence-corrected chi connectivity index (χ0v) is 20.3. The maximum atomic E-state index is 13.6. The second kappa shape index (κ2) is 9.88. The monoisotopic (exact) mass is 487 g/mol. The van der Waals surface area contributed by atoms with E-state index >= 15 is 0 Å². The van der Waals surface area contributed by atoms with Crippen LogP contribution in [-0.4, -0.2) is 62.5 Å². The van der Waals surface area contributed by atoms with Crippen molar-refractivity contribution in [1.29, 1.82) is 0 Å². The van der Waals surface area contributed by atoms with E-state index < -0.39 is 24.2 Å². The molecule has 0 spiro atoms. The summed E-state index contributed by atoms with van der Waals surface area (Å²) in [6.07, 6.45) is 8.49. The maximum Gasteiger partial charge on any atom is 0.342 e. The van der Waals surface area contributed by atoms with E-state index in [-0.39, 0.29) is 18.2 Å². The first-order chi connectivity index (χ1) is 17.4. The number of allylic oxidation sites excluding steroid dienone is 2. The Kier molecular flexibility index (Phi) is 6.49. The Bertz CT molecular complexity index is 1240. The van der Waals surface area contributed by atoms with Crippen LogP contribution in [0.1, 0.15) is 55.5 Å². The van der Waals surface area contributed by atoms with E-state index in [4.69, 9.17) is 0 Å². The minimum absolute atomic E-state index is 0.0875. The third kappa shape index (κ3) is 4.71. The Morgan fingerprint density at radius 2 is 1.97 bits per heavy atom. The van der Waals surface area contributed by atoms with E-state index in [1.165, 1.54) is 11.8 Å². The number of carbonyl (C=O) groups excluding carboxylic acids is 3. The van der Waals surface area contributed by atoms with Gasteiger partial charge in [-0.2, -0.15) is 20.4 Å². The smallest absolute Gasteiger partial charge is 0.342 e. The van der Waals surface area contributed by atoms with Crippen molar-refractivity contribution in [1.82, 2.24) is 30.9 Å². The van der Waals surface area contributed by atoms with Crippen LogP contribution in [0.15, 0.2) is 59.3 Å². The Hall–Kier alpha value is -4.08. The molecule has 5 rings (SSSR count). The molecule has 3 N–H and O–H groups in total. The van der Waals surface area contributed by atoms with Gasteiger partial charge < -0.3 is 15.5 Å². The predicted molar refractivity (Wildman–Crippen MR) is 133 cm³/mol. The summed E-state index contributed by atoms with van der Waals surface area (Å²) in [7, 11) is 0. The molecule has 1 aliphatic carbocycles. The number of benzene rings is 1. The third-order valence-electron chi connectivity index (χ3n) is 6.91. The summed E-state index contributed by atoms with van der Waals surface area (Å²) in [5, 5.41) is 16.3. The molecule has 10 nitrogen and oxygen atoms in total. The van der Waals surface area contributed by atoms with Gasteiger partial charge in [-0.1, -0.05) is 50.3 Å². The van der Waals surface area contributed by atoms with Crippen LogP contribution in [0.3, 0.4) is 0 Å². The van der Waals surface area contributed by atoms with Crippen molar-refractivity contribution in [3.8, 4) is 0 Å². The first kappa shape index (κ1) is 23.7. The lowest BCUT2D eigenvalue weighted by Crippen LogP contribution is -2.49. The molecule has 3 atom stereocenters. The number of H-pyrrole nitrogens is 1. The number of aliphatic imine (C=N–C) groups is 1. The predicted octanol–water partition coefficient (Wildman–Crippen LogP) is 2.35. The number of hydrogen-bond acceptors (Lipinski definition) is 5. The summed E-state index contributed by atoms with van der Waals surface area (Å²) in [6, 6.07) is 6.26. The van der Waals surface area contributed by atoms with Gasteiger partial charge in [-0.15, -0.1) is 0 Å². The standard InChI is InChI=1S/C26H29N7O3/c1-15(2)16-8-10-17(11-9-16)23(19-5-3-6-20-24(19)30-26(36)28-20)29-25(35)21-7-4-12-33(21)22(34)13-18-14-27-32-31-18/h3,5-6,8-11,14-15,21,23-24H,4,7,12-13H2,1-2H3,(H,29,35)(H,30,36)(H,27,31,32)/t21-,23?,24?/m0/s1. The number of aromatic nitrogens is 3. The Morgan fingerprint density at radius 3 is 2.69 bits per heavy atom. The highest BCUT2D eigenvalue weighted by Gasteiger charge is 2.38. The van der Waals surface area contributed by atoms with Crippen LogP contribution >= 0.6 is 0 Å². The molecular weight excluding hydrogens is 458 g/mol. The minimum Gasteiger partial charge on any atom is -0.344 e. The van der Waals surface area contributed by atoms with Crippen LogP contribution in [0.25, 0.3) is 0 Å². The average Bonchev–Trinajstić information content (AvgIpc) is 3.62. The number of nitrogens with one attached hydrogen (secondary N) is 3. The van der Waals surface area contributed by atoms with Crippen molar-refractivity contribution < 1.29 is 14.4 Å². The number of hydrogen-bond donors (Lipinski definition) is 3. The first-order valence-corrected chi connectivity index (χ1v) is 12.2. The number of nitrogens with zero attached hydrogens (tertiary/aromatic N) is 4. The lowest BCUT2D eigenvalue weighted by atomic mass is 9.87. The molecule has 4 amide bonds. The number of fused-ring (bicyclic) bond motifs is 1. The molecule has 1 aromatic heterocycles. The fraction of sp³-hybridized carbons (Fsp3) is 0.385. The van der Waals surface area contributed by atoms with Crippen LogP contribution in [0.2, 0.25) is 0 Å². The molecule has 2 aliphatic heterocycles. The van der Waals surface area contributed by atoms with Gasteiger partial charge in [-0.3, -0.25) is 9.59 Å². The summed E-state index contributed by atoms with van der Waals surface area (Å²) in [5.41, 5.74) is 4.08. The maximum absolute atomic E-state index is 13.6. The van der Waals surface area contributed by atoms with E-state index in [0.717, 1.165) is 17.6 Å². The number of rotatable bonds is 7. The highest BCUT2D eigenvalue weighted by Crippen LogP contribution is 2.31. The molecule has 0 bridgehead atoms. The van der Waals surface area contributed by atoms with Gasteiger partial charge in [0.25, 0.3) is 0 Å². The minimum atomic E-state index is -0.576. The quantitative estimate of drug-likeness (QED) is 0.552. The van der Waals surface area contributed by atoms with Crippen molar-refractivity contribution in [2.24, 2.45) is 4.99 Å². The summed E-state index contributed by atoms with van der Waals surface area (Å²) in [6.45, 7) is 4.78.